The summed E-state index contributed by atoms with van der Waals surface area (Å²) >= 11 is 0. The number of anilines is 1. The molecule has 1 fully saturated rings. The van der Waals surface area contributed by atoms with Crippen LogP contribution in [0.25, 0.3) is 0 Å². The number of hydrogen-bond donors (Lipinski definition) is 1. The highest BCUT2D eigenvalue weighted by Crippen LogP contribution is 2.20. The van der Waals surface area contributed by atoms with Gasteiger partial charge in [-0.2, -0.15) is 0 Å². The van der Waals surface area contributed by atoms with Crippen molar-refractivity contribution in [3.05, 3.63) is 64.2 Å². The van der Waals surface area contributed by atoms with Gasteiger partial charge in [-0.3, -0.25) is 15.1 Å². The first-order chi connectivity index (χ1) is 13.6. The van der Waals surface area contributed by atoms with E-state index < -0.39 is 0 Å². The molecule has 0 atom stereocenters. The van der Waals surface area contributed by atoms with Gasteiger partial charge in [-0.15, -0.1) is 24.0 Å². The zero-order chi connectivity index (χ0) is 19.9. The number of guanidine groups is 1. The minimum Gasteiger partial charge on any atom is -0.497 e. The Morgan fingerprint density at radius 3 is 2.45 bits per heavy atom. The molecule has 0 saturated carbocycles. The van der Waals surface area contributed by atoms with Crippen molar-refractivity contribution in [3.63, 3.8) is 0 Å². The summed E-state index contributed by atoms with van der Waals surface area (Å²) in [5.41, 5.74) is 2.13. The lowest BCUT2D eigenvalue weighted by Gasteiger charge is -2.37. The predicted octanol–water partition coefficient (Wildman–Crippen LogP) is 3.12. The lowest BCUT2D eigenvalue weighted by molar-refractivity contribution is -0.384. The number of nitro benzene ring substituents is 1. The minimum atomic E-state index is -0.378. The van der Waals surface area contributed by atoms with E-state index in [1.807, 2.05) is 18.2 Å². The topological polar surface area (TPSA) is 83.2 Å². The van der Waals surface area contributed by atoms with Gasteiger partial charge in [0.05, 0.1) is 12.0 Å². The smallest absolute Gasteiger partial charge is 0.269 e. The number of ether oxygens (including phenoxy) is 1. The number of benzene rings is 2. The van der Waals surface area contributed by atoms with E-state index in [4.69, 9.17) is 4.74 Å². The van der Waals surface area contributed by atoms with E-state index in [1.54, 1.807) is 26.3 Å². The maximum Gasteiger partial charge on any atom is 0.269 e. The highest BCUT2D eigenvalue weighted by molar-refractivity contribution is 14.0. The molecule has 3 rings (SSSR count). The summed E-state index contributed by atoms with van der Waals surface area (Å²) in [4.78, 5) is 19.5. The number of nitro groups is 1. The molecule has 0 spiro atoms. The molecule has 2 aromatic carbocycles. The molecular weight excluding hydrogens is 485 g/mol. The Bertz CT molecular complexity index is 836. The third-order valence-corrected chi connectivity index (χ3v) is 4.80. The summed E-state index contributed by atoms with van der Waals surface area (Å²) in [6.45, 7) is 3.97. The van der Waals surface area contributed by atoms with Crippen LogP contribution in [0.5, 0.6) is 5.75 Å². The van der Waals surface area contributed by atoms with E-state index in [0.29, 0.717) is 6.54 Å². The number of aliphatic imine (C=N–C) groups is 1. The number of hydrogen-bond acceptors (Lipinski definition) is 5. The Morgan fingerprint density at radius 2 is 1.86 bits per heavy atom. The summed E-state index contributed by atoms with van der Waals surface area (Å²) in [6.07, 6.45) is 0. The standard InChI is InChI=1S/C20H25N5O3.HI/c1-21-20(22-15-16-4-3-5-18(14-16)25(26)27)24-12-10-23(11-13-24)17-6-8-19(28-2)9-7-17;/h3-9,14H,10-13,15H2,1-2H3,(H,21,22);1H. The molecule has 0 bridgehead atoms. The van der Waals surface area contributed by atoms with Crippen molar-refractivity contribution in [1.82, 2.24) is 10.2 Å². The molecule has 0 aromatic heterocycles. The number of rotatable bonds is 5. The molecule has 0 unspecified atom stereocenters. The molecule has 2 aromatic rings. The van der Waals surface area contributed by atoms with Gasteiger partial charge in [0.1, 0.15) is 5.75 Å². The van der Waals surface area contributed by atoms with Crippen LogP contribution in [0, 0.1) is 10.1 Å². The molecule has 1 aliphatic rings. The molecule has 156 valence electrons. The van der Waals surface area contributed by atoms with Gasteiger partial charge in [0.15, 0.2) is 5.96 Å². The monoisotopic (exact) mass is 511 g/mol. The third kappa shape index (κ3) is 5.96. The molecule has 9 heteroatoms. The second-order valence-electron chi connectivity index (χ2n) is 6.50. The molecule has 8 nitrogen and oxygen atoms in total. The lowest BCUT2D eigenvalue weighted by atomic mass is 10.2. The fourth-order valence-corrected chi connectivity index (χ4v) is 3.26. The number of nitrogens with one attached hydrogen (secondary N) is 1. The number of methoxy groups -OCH3 is 1. The van der Waals surface area contributed by atoms with Gasteiger partial charge in [0.25, 0.3) is 5.69 Å². The number of non-ortho nitro benzene ring substituents is 1. The first kappa shape index (κ1) is 22.7. The van der Waals surface area contributed by atoms with E-state index >= 15 is 0 Å². The molecule has 1 heterocycles. The average molecular weight is 511 g/mol. The van der Waals surface area contributed by atoms with E-state index in [1.165, 1.54) is 11.8 Å². The summed E-state index contributed by atoms with van der Waals surface area (Å²) in [5.74, 6) is 1.66. The third-order valence-electron chi connectivity index (χ3n) is 4.80. The van der Waals surface area contributed by atoms with Crippen molar-refractivity contribution in [1.29, 1.82) is 0 Å². The van der Waals surface area contributed by atoms with Crippen molar-refractivity contribution in [2.45, 2.75) is 6.54 Å². The average Bonchev–Trinajstić information content (AvgIpc) is 2.75. The second kappa shape index (κ2) is 10.8. The van der Waals surface area contributed by atoms with Crippen LogP contribution in [-0.2, 0) is 6.54 Å². The van der Waals surface area contributed by atoms with Crippen LogP contribution in [0.3, 0.4) is 0 Å². The zero-order valence-corrected chi connectivity index (χ0v) is 18.9. The van der Waals surface area contributed by atoms with Crippen LogP contribution in [-0.4, -0.2) is 56.1 Å². The Kier molecular flexibility index (Phi) is 8.50. The zero-order valence-electron chi connectivity index (χ0n) is 16.6. The molecule has 29 heavy (non-hydrogen) atoms. The molecular formula is C20H26IN5O3. The SMILES string of the molecule is CN=C(NCc1cccc([N+](=O)[O-])c1)N1CCN(c2ccc(OC)cc2)CC1.I. The van der Waals surface area contributed by atoms with Gasteiger partial charge in [0, 0.05) is 57.6 Å². The highest BCUT2D eigenvalue weighted by Gasteiger charge is 2.20. The van der Waals surface area contributed by atoms with Crippen molar-refractivity contribution >= 4 is 41.3 Å². The fourth-order valence-electron chi connectivity index (χ4n) is 3.26. The van der Waals surface area contributed by atoms with E-state index in [2.05, 4.69) is 32.2 Å². The van der Waals surface area contributed by atoms with Crippen molar-refractivity contribution in [2.24, 2.45) is 4.99 Å². The summed E-state index contributed by atoms with van der Waals surface area (Å²) in [6, 6.07) is 14.7. The minimum absolute atomic E-state index is 0. The van der Waals surface area contributed by atoms with Crippen LogP contribution in [0.2, 0.25) is 0 Å². The van der Waals surface area contributed by atoms with Crippen LogP contribution in [0.4, 0.5) is 11.4 Å². The second-order valence-corrected chi connectivity index (χ2v) is 6.50. The number of halogens is 1. The summed E-state index contributed by atoms with van der Waals surface area (Å²) in [5, 5.41) is 14.2. The van der Waals surface area contributed by atoms with E-state index in [0.717, 1.165) is 43.5 Å². The normalized spacial score (nSPS) is 14.2. The van der Waals surface area contributed by atoms with Gasteiger partial charge in [-0.1, -0.05) is 12.1 Å². The molecule has 0 aliphatic carbocycles. The van der Waals surface area contributed by atoms with Gasteiger partial charge in [0.2, 0.25) is 0 Å². The number of piperazine rings is 1. The Labute approximate surface area is 187 Å². The van der Waals surface area contributed by atoms with Gasteiger partial charge in [-0.25, -0.2) is 0 Å². The Morgan fingerprint density at radius 1 is 1.17 bits per heavy atom. The summed E-state index contributed by atoms with van der Waals surface area (Å²) in [7, 11) is 3.42. The molecule has 0 amide bonds. The maximum absolute atomic E-state index is 10.9. The quantitative estimate of drug-likeness (QED) is 0.219. The predicted molar refractivity (Wildman–Crippen MR) is 125 cm³/mol. The van der Waals surface area contributed by atoms with Crippen LogP contribution in [0.15, 0.2) is 53.5 Å². The first-order valence-electron chi connectivity index (χ1n) is 9.18. The van der Waals surface area contributed by atoms with Crippen molar-refractivity contribution < 1.29 is 9.66 Å². The molecule has 1 N–H and O–H groups in total. The van der Waals surface area contributed by atoms with E-state index in [9.17, 15) is 10.1 Å². The fraction of sp³-hybridized carbons (Fsp3) is 0.350. The lowest BCUT2D eigenvalue weighted by Crippen LogP contribution is -2.52. The van der Waals surface area contributed by atoms with Gasteiger partial charge < -0.3 is 19.9 Å². The van der Waals surface area contributed by atoms with Crippen LogP contribution >= 0.6 is 24.0 Å². The molecule has 1 aliphatic heterocycles. The van der Waals surface area contributed by atoms with Crippen LogP contribution in [0.1, 0.15) is 5.56 Å². The maximum atomic E-state index is 10.9. The van der Waals surface area contributed by atoms with Gasteiger partial charge >= 0.3 is 0 Å². The largest absolute Gasteiger partial charge is 0.497 e. The van der Waals surface area contributed by atoms with E-state index in [-0.39, 0.29) is 34.6 Å². The Hall–Kier alpha value is -2.56. The van der Waals surface area contributed by atoms with Crippen molar-refractivity contribution in [2.75, 3.05) is 45.2 Å². The Balaban J connectivity index is 0.00000300. The summed E-state index contributed by atoms with van der Waals surface area (Å²) < 4.78 is 5.22. The highest BCUT2D eigenvalue weighted by atomic mass is 127. The van der Waals surface area contributed by atoms with Crippen molar-refractivity contribution in [3.8, 4) is 5.75 Å². The first-order valence-corrected chi connectivity index (χ1v) is 9.18. The molecule has 1 saturated heterocycles. The molecule has 0 radical (unpaired) electrons. The number of nitrogens with zero attached hydrogens (tertiary/aromatic N) is 4. The van der Waals surface area contributed by atoms with Crippen LogP contribution < -0.4 is 15.0 Å². The van der Waals surface area contributed by atoms with Gasteiger partial charge in [-0.05, 0) is 29.8 Å².